The quantitative estimate of drug-likeness (QED) is 0.264. The Morgan fingerprint density at radius 1 is 1.17 bits per heavy atom. The van der Waals surface area contributed by atoms with Gasteiger partial charge in [-0.2, -0.15) is 4.98 Å². The monoisotopic (exact) mass is 507 g/mol. The van der Waals surface area contributed by atoms with E-state index in [2.05, 4.69) is 17.6 Å². The van der Waals surface area contributed by atoms with Crippen LogP contribution in [0.1, 0.15) is 50.8 Å². The van der Waals surface area contributed by atoms with E-state index in [1.807, 2.05) is 63.2 Å². The second-order valence-corrected chi connectivity index (χ2v) is 9.66. The molecular formula is C27H33N5O3S. The fourth-order valence-corrected chi connectivity index (χ4v) is 5.07. The number of carbonyl (C=O) groups is 1. The molecule has 1 aromatic heterocycles. The van der Waals surface area contributed by atoms with Crippen LogP contribution in [0.2, 0.25) is 0 Å². The molecule has 3 aromatic rings. The van der Waals surface area contributed by atoms with Crippen LogP contribution in [0.5, 0.6) is 11.5 Å². The average molecular weight is 508 g/mol. The zero-order valence-corrected chi connectivity index (χ0v) is 22.2. The highest BCUT2D eigenvalue weighted by Crippen LogP contribution is 2.40. The largest absolute Gasteiger partial charge is 0.493 e. The maximum atomic E-state index is 13.7. The lowest BCUT2D eigenvalue weighted by molar-refractivity contribution is -0.113. The first kappa shape index (κ1) is 25.6. The Hall–Kier alpha value is -3.46. The van der Waals surface area contributed by atoms with Gasteiger partial charge in [0.05, 0.1) is 19.3 Å². The molecule has 8 nitrogen and oxygen atoms in total. The van der Waals surface area contributed by atoms with E-state index in [9.17, 15) is 4.79 Å². The van der Waals surface area contributed by atoms with Crippen LogP contribution in [0.25, 0.3) is 0 Å². The predicted molar refractivity (Wildman–Crippen MR) is 144 cm³/mol. The molecule has 0 bridgehead atoms. The van der Waals surface area contributed by atoms with Crippen LogP contribution in [-0.2, 0) is 4.79 Å². The lowest BCUT2D eigenvalue weighted by Gasteiger charge is -2.29. The number of hydrogen-bond acceptors (Lipinski definition) is 7. The molecule has 1 aliphatic heterocycles. The number of rotatable bonds is 10. The maximum absolute atomic E-state index is 13.7. The summed E-state index contributed by atoms with van der Waals surface area (Å²) in [7, 11) is 1.61. The first-order chi connectivity index (χ1) is 17.4. The van der Waals surface area contributed by atoms with E-state index in [1.54, 1.807) is 23.6 Å². The van der Waals surface area contributed by atoms with Gasteiger partial charge in [0.1, 0.15) is 6.04 Å². The molecule has 1 amide bonds. The van der Waals surface area contributed by atoms with Crippen LogP contribution in [0.4, 0.5) is 11.6 Å². The van der Waals surface area contributed by atoms with E-state index in [4.69, 9.17) is 19.6 Å². The molecule has 2 N–H and O–H groups in total. The average Bonchev–Trinajstić information content (AvgIpc) is 3.26. The van der Waals surface area contributed by atoms with E-state index in [0.717, 1.165) is 41.1 Å². The van der Waals surface area contributed by atoms with E-state index < -0.39 is 6.04 Å². The van der Waals surface area contributed by atoms with Crippen molar-refractivity contribution in [3.8, 4) is 11.5 Å². The molecule has 190 valence electrons. The van der Waals surface area contributed by atoms with E-state index in [-0.39, 0.29) is 5.91 Å². The van der Waals surface area contributed by atoms with Crippen LogP contribution < -0.4 is 20.1 Å². The molecule has 0 saturated carbocycles. The Balaban J connectivity index is 1.77. The highest BCUT2D eigenvalue weighted by molar-refractivity contribution is 7.99. The number of hydrogen-bond donors (Lipinski definition) is 2. The second kappa shape index (κ2) is 11.5. The topological polar surface area (TPSA) is 90.3 Å². The minimum absolute atomic E-state index is 0.204. The van der Waals surface area contributed by atoms with Gasteiger partial charge in [-0.15, -0.1) is 5.10 Å². The third kappa shape index (κ3) is 5.51. The molecule has 2 aromatic carbocycles. The standard InChI is InChI=1S/C27H33N5O3S/c1-6-8-14-36-27-30-26-28-18(4)23(25(33)29-20-11-9-10-17(3)15-20)24(32(26)31-27)19-12-13-21(35-7-2)22(16-19)34-5/h9-13,15-16,24H,6-8,14H2,1-5H3,(H,29,33)(H,28,30,31). The number of amides is 1. The number of fused-ring (bicyclic) bond motifs is 1. The summed E-state index contributed by atoms with van der Waals surface area (Å²) in [5.41, 5.74) is 3.94. The summed E-state index contributed by atoms with van der Waals surface area (Å²) in [6, 6.07) is 13.0. The molecule has 0 radical (unpaired) electrons. The van der Waals surface area contributed by atoms with Gasteiger partial charge < -0.3 is 20.1 Å². The van der Waals surface area contributed by atoms with Crippen LogP contribution >= 0.6 is 11.8 Å². The first-order valence-electron chi connectivity index (χ1n) is 12.2. The van der Waals surface area contributed by atoms with Crippen molar-refractivity contribution in [1.29, 1.82) is 0 Å². The van der Waals surface area contributed by atoms with Crippen molar-refractivity contribution in [1.82, 2.24) is 14.8 Å². The summed E-state index contributed by atoms with van der Waals surface area (Å²) >= 11 is 1.62. The molecule has 0 fully saturated rings. The van der Waals surface area contributed by atoms with Gasteiger partial charge in [-0.25, -0.2) is 4.68 Å². The number of thioether (sulfide) groups is 1. The number of aryl methyl sites for hydroxylation is 1. The number of benzene rings is 2. The van der Waals surface area contributed by atoms with Crippen LogP contribution in [-0.4, -0.2) is 40.1 Å². The molecule has 2 heterocycles. The van der Waals surface area contributed by atoms with Crippen molar-refractivity contribution < 1.29 is 14.3 Å². The number of nitrogens with zero attached hydrogens (tertiary/aromatic N) is 3. The zero-order chi connectivity index (χ0) is 25.7. The van der Waals surface area contributed by atoms with Crippen LogP contribution in [0.15, 0.2) is 58.9 Å². The van der Waals surface area contributed by atoms with Gasteiger partial charge in [0, 0.05) is 17.1 Å². The summed E-state index contributed by atoms with van der Waals surface area (Å²) in [6.45, 7) is 8.51. The fraction of sp³-hybridized carbons (Fsp3) is 0.370. The van der Waals surface area contributed by atoms with Gasteiger partial charge in [-0.1, -0.05) is 43.3 Å². The van der Waals surface area contributed by atoms with E-state index in [0.29, 0.717) is 34.8 Å². The van der Waals surface area contributed by atoms with Gasteiger partial charge in [-0.3, -0.25) is 4.79 Å². The van der Waals surface area contributed by atoms with Crippen molar-refractivity contribution in [2.24, 2.45) is 0 Å². The Morgan fingerprint density at radius 2 is 2.00 bits per heavy atom. The van der Waals surface area contributed by atoms with E-state index in [1.165, 1.54) is 0 Å². The Kier molecular flexibility index (Phi) is 8.20. The van der Waals surface area contributed by atoms with E-state index >= 15 is 0 Å². The predicted octanol–water partition coefficient (Wildman–Crippen LogP) is 5.81. The summed E-state index contributed by atoms with van der Waals surface area (Å²) < 4.78 is 13.1. The molecule has 1 unspecified atom stereocenters. The Morgan fingerprint density at radius 3 is 2.72 bits per heavy atom. The van der Waals surface area contributed by atoms with Crippen LogP contribution in [0, 0.1) is 6.92 Å². The second-order valence-electron chi connectivity index (χ2n) is 8.60. The number of carbonyl (C=O) groups excluding carboxylic acids is 1. The van der Waals surface area contributed by atoms with Gasteiger partial charge in [0.15, 0.2) is 11.5 Å². The normalized spacial score (nSPS) is 14.8. The third-order valence-electron chi connectivity index (χ3n) is 5.89. The number of allylic oxidation sites excluding steroid dienone is 1. The number of anilines is 2. The van der Waals surface area contributed by atoms with Gasteiger partial charge in [0.25, 0.3) is 5.91 Å². The molecule has 0 spiro atoms. The summed E-state index contributed by atoms with van der Waals surface area (Å²) in [4.78, 5) is 18.4. The summed E-state index contributed by atoms with van der Waals surface area (Å²) in [6.07, 6.45) is 2.19. The lowest BCUT2D eigenvalue weighted by atomic mass is 9.94. The summed E-state index contributed by atoms with van der Waals surface area (Å²) in [5.74, 6) is 2.59. The number of unbranched alkanes of at least 4 members (excludes halogenated alkanes) is 1. The minimum atomic E-state index is -0.497. The Bertz CT molecular complexity index is 1270. The summed E-state index contributed by atoms with van der Waals surface area (Å²) in [5, 5.41) is 11.8. The van der Waals surface area contributed by atoms with Crippen LogP contribution in [0.3, 0.4) is 0 Å². The number of nitrogens with one attached hydrogen (secondary N) is 2. The SMILES string of the molecule is CCCCSc1nc2n(n1)C(c1ccc(OCC)c(OC)c1)C(C(=O)Nc1cccc(C)c1)=C(C)N2. The Labute approximate surface area is 216 Å². The number of ether oxygens (including phenoxy) is 2. The van der Waals surface area contributed by atoms with Gasteiger partial charge >= 0.3 is 0 Å². The number of aromatic nitrogens is 3. The molecule has 36 heavy (non-hydrogen) atoms. The highest BCUT2D eigenvalue weighted by Gasteiger charge is 2.35. The first-order valence-corrected chi connectivity index (χ1v) is 13.2. The van der Waals surface area contributed by atoms with Gasteiger partial charge in [-0.05, 0) is 62.6 Å². The van der Waals surface area contributed by atoms with Crippen molar-refractivity contribution in [2.75, 3.05) is 30.1 Å². The lowest BCUT2D eigenvalue weighted by Crippen LogP contribution is -2.31. The molecular weight excluding hydrogens is 474 g/mol. The minimum Gasteiger partial charge on any atom is -0.493 e. The van der Waals surface area contributed by atoms with Crippen molar-refractivity contribution in [3.05, 3.63) is 64.9 Å². The molecule has 1 atom stereocenters. The molecule has 0 saturated heterocycles. The van der Waals surface area contributed by atoms with Gasteiger partial charge in [0.2, 0.25) is 11.1 Å². The van der Waals surface area contributed by atoms with Crippen molar-refractivity contribution >= 4 is 29.3 Å². The fourth-order valence-electron chi connectivity index (χ4n) is 4.15. The van der Waals surface area contributed by atoms with Crippen molar-refractivity contribution in [3.63, 3.8) is 0 Å². The molecule has 9 heteroatoms. The highest BCUT2D eigenvalue weighted by atomic mass is 32.2. The third-order valence-corrected chi connectivity index (χ3v) is 6.81. The van der Waals surface area contributed by atoms with Crippen molar-refractivity contribution in [2.45, 2.75) is 51.7 Å². The number of methoxy groups -OCH3 is 1. The molecule has 0 aliphatic carbocycles. The maximum Gasteiger partial charge on any atom is 0.255 e. The smallest absolute Gasteiger partial charge is 0.255 e. The zero-order valence-electron chi connectivity index (χ0n) is 21.4. The molecule has 4 rings (SSSR count). The molecule has 1 aliphatic rings.